The van der Waals surface area contributed by atoms with Crippen LogP contribution in [-0.2, 0) is 4.79 Å². The summed E-state index contributed by atoms with van der Waals surface area (Å²) in [6.07, 6.45) is 4.33. The number of benzene rings is 3. The zero-order valence-corrected chi connectivity index (χ0v) is 18.8. The summed E-state index contributed by atoms with van der Waals surface area (Å²) in [6.45, 7) is 3.02. The topological polar surface area (TPSA) is 58.6 Å². The second-order valence-corrected chi connectivity index (χ2v) is 8.47. The molecular formula is C28H30N2O3. The van der Waals surface area contributed by atoms with Crippen molar-refractivity contribution in [3.8, 4) is 11.5 Å². The van der Waals surface area contributed by atoms with Gasteiger partial charge >= 0.3 is 0 Å². The average molecular weight is 443 g/mol. The molecule has 1 aliphatic rings. The Bertz CT molecular complexity index is 1040. The van der Waals surface area contributed by atoms with Gasteiger partial charge in [0.15, 0.2) is 5.78 Å². The van der Waals surface area contributed by atoms with Crippen molar-refractivity contribution in [2.45, 2.75) is 31.6 Å². The SMILES string of the molecule is O=CNc1cccc(C2CCN(CCCC(=O)c3ccc(Oc4ccccc4)cc3)CC2)c1. The first-order chi connectivity index (χ1) is 16.2. The van der Waals surface area contributed by atoms with Gasteiger partial charge < -0.3 is 15.0 Å². The molecule has 3 aromatic carbocycles. The summed E-state index contributed by atoms with van der Waals surface area (Å²) in [5.41, 5.74) is 2.87. The van der Waals surface area contributed by atoms with Crippen molar-refractivity contribution >= 4 is 17.9 Å². The molecule has 0 saturated carbocycles. The van der Waals surface area contributed by atoms with Crippen molar-refractivity contribution in [3.63, 3.8) is 0 Å². The third kappa shape index (κ3) is 6.53. The van der Waals surface area contributed by atoms with Gasteiger partial charge in [-0.15, -0.1) is 0 Å². The fraction of sp³-hybridized carbons (Fsp3) is 0.286. The van der Waals surface area contributed by atoms with E-state index < -0.39 is 0 Å². The number of ether oxygens (including phenoxy) is 1. The van der Waals surface area contributed by atoms with E-state index in [0.717, 1.165) is 68.1 Å². The second-order valence-electron chi connectivity index (χ2n) is 8.47. The van der Waals surface area contributed by atoms with Gasteiger partial charge in [-0.2, -0.15) is 0 Å². The third-order valence-electron chi connectivity index (χ3n) is 6.20. The van der Waals surface area contributed by atoms with Crippen LogP contribution < -0.4 is 10.1 Å². The number of hydrogen-bond acceptors (Lipinski definition) is 4. The molecule has 1 fully saturated rings. The van der Waals surface area contributed by atoms with Crippen LogP contribution >= 0.6 is 0 Å². The number of carbonyl (C=O) groups is 2. The van der Waals surface area contributed by atoms with Crippen molar-refractivity contribution < 1.29 is 14.3 Å². The number of rotatable bonds is 10. The van der Waals surface area contributed by atoms with E-state index in [1.807, 2.05) is 66.7 Å². The maximum absolute atomic E-state index is 12.6. The molecule has 1 saturated heterocycles. The van der Waals surface area contributed by atoms with Gasteiger partial charge in [-0.25, -0.2) is 0 Å². The summed E-state index contributed by atoms with van der Waals surface area (Å²) >= 11 is 0. The quantitative estimate of drug-likeness (QED) is 0.314. The van der Waals surface area contributed by atoms with Crippen LogP contribution in [0.4, 0.5) is 5.69 Å². The summed E-state index contributed by atoms with van der Waals surface area (Å²) in [6, 6.07) is 25.1. The molecule has 1 amide bonds. The van der Waals surface area contributed by atoms with E-state index in [1.54, 1.807) is 0 Å². The van der Waals surface area contributed by atoms with E-state index in [9.17, 15) is 9.59 Å². The Labute approximate surface area is 195 Å². The molecule has 170 valence electrons. The number of nitrogens with one attached hydrogen (secondary N) is 1. The maximum Gasteiger partial charge on any atom is 0.211 e. The fourth-order valence-electron chi connectivity index (χ4n) is 4.38. The summed E-state index contributed by atoms with van der Waals surface area (Å²) in [4.78, 5) is 25.7. The molecule has 1 heterocycles. The van der Waals surface area contributed by atoms with Crippen LogP contribution in [0.2, 0.25) is 0 Å². The van der Waals surface area contributed by atoms with Gasteiger partial charge in [0.25, 0.3) is 0 Å². The molecule has 0 atom stereocenters. The van der Waals surface area contributed by atoms with Crippen LogP contribution in [0, 0.1) is 0 Å². The predicted molar refractivity (Wildman–Crippen MR) is 131 cm³/mol. The van der Waals surface area contributed by atoms with Crippen LogP contribution in [0.25, 0.3) is 0 Å². The van der Waals surface area contributed by atoms with E-state index in [0.29, 0.717) is 12.3 Å². The van der Waals surface area contributed by atoms with E-state index in [-0.39, 0.29) is 5.78 Å². The number of para-hydroxylation sites is 1. The molecule has 1 N–H and O–H groups in total. The predicted octanol–water partition coefficient (Wildman–Crippen LogP) is 5.89. The first-order valence-corrected chi connectivity index (χ1v) is 11.6. The van der Waals surface area contributed by atoms with E-state index in [1.165, 1.54) is 5.56 Å². The maximum atomic E-state index is 12.6. The number of Topliss-reactive ketones (excluding diaryl/α,β-unsaturated/α-hetero) is 1. The lowest BCUT2D eigenvalue weighted by atomic mass is 9.89. The fourth-order valence-corrected chi connectivity index (χ4v) is 4.38. The molecule has 0 radical (unpaired) electrons. The van der Waals surface area contributed by atoms with Crippen LogP contribution in [0.15, 0.2) is 78.9 Å². The normalized spacial score (nSPS) is 14.5. The van der Waals surface area contributed by atoms with Crippen molar-refractivity contribution in [1.29, 1.82) is 0 Å². The molecule has 4 rings (SSSR count). The summed E-state index contributed by atoms with van der Waals surface area (Å²) in [5.74, 6) is 2.21. The Morgan fingerprint density at radius 3 is 2.39 bits per heavy atom. The molecular weight excluding hydrogens is 412 g/mol. The van der Waals surface area contributed by atoms with Gasteiger partial charge in [-0.05, 0) is 98.9 Å². The highest BCUT2D eigenvalue weighted by Crippen LogP contribution is 2.29. The van der Waals surface area contributed by atoms with Gasteiger partial charge in [0.1, 0.15) is 11.5 Å². The van der Waals surface area contributed by atoms with Crippen molar-refractivity contribution in [1.82, 2.24) is 4.90 Å². The van der Waals surface area contributed by atoms with Crippen molar-refractivity contribution in [3.05, 3.63) is 90.0 Å². The highest BCUT2D eigenvalue weighted by Gasteiger charge is 2.20. The minimum Gasteiger partial charge on any atom is -0.457 e. The third-order valence-corrected chi connectivity index (χ3v) is 6.20. The Morgan fingerprint density at radius 1 is 0.939 bits per heavy atom. The van der Waals surface area contributed by atoms with Crippen molar-refractivity contribution in [2.75, 3.05) is 25.0 Å². The van der Waals surface area contributed by atoms with Gasteiger partial charge in [-0.3, -0.25) is 9.59 Å². The first-order valence-electron chi connectivity index (χ1n) is 11.6. The zero-order valence-electron chi connectivity index (χ0n) is 18.8. The van der Waals surface area contributed by atoms with Gasteiger partial charge in [0.05, 0.1) is 0 Å². The molecule has 0 aliphatic carbocycles. The van der Waals surface area contributed by atoms with Crippen LogP contribution in [0.1, 0.15) is 47.5 Å². The van der Waals surface area contributed by atoms with Crippen LogP contribution in [0.5, 0.6) is 11.5 Å². The highest BCUT2D eigenvalue weighted by molar-refractivity contribution is 5.96. The average Bonchev–Trinajstić information content (AvgIpc) is 2.86. The molecule has 5 heteroatoms. The molecule has 3 aromatic rings. The number of likely N-dealkylation sites (tertiary alicyclic amines) is 1. The number of anilines is 1. The van der Waals surface area contributed by atoms with Crippen LogP contribution in [-0.4, -0.2) is 36.7 Å². The lowest BCUT2D eigenvalue weighted by Gasteiger charge is -2.32. The number of ketones is 1. The summed E-state index contributed by atoms with van der Waals surface area (Å²) < 4.78 is 5.80. The summed E-state index contributed by atoms with van der Waals surface area (Å²) in [5, 5.41) is 2.73. The number of hydrogen-bond donors (Lipinski definition) is 1. The summed E-state index contributed by atoms with van der Waals surface area (Å²) in [7, 11) is 0. The molecule has 0 bridgehead atoms. The number of amides is 1. The highest BCUT2D eigenvalue weighted by atomic mass is 16.5. The smallest absolute Gasteiger partial charge is 0.211 e. The first kappa shape index (κ1) is 22.7. The number of carbonyl (C=O) groups excluding carboxylic acids is 2. The lowest BCUT2D eigenvalue weighted by molar-refractivity contribution is -0.105. The van der Waals surface area contributed by atoms with Gasteiger partial charge in [-0.1, -0.05) is 30.3 Å². The molecule has 0 unspecified atom stereocenters. The van der Waals surface area contributed by atoms with E-state index >= 15 is 0 Å². The van der Waals surface area contributed by atoms with Gasteiger partial charge in [0, 0.05) is 17.7 Å². The Balaban J connectivity index is 1.19. The number of nitrogens with zero attached hydrogens (tertiary/aromatic N) is 1. The lowest BCUT2D eigenvalue weighted by Crippen LogP contribution is -2.33. The molecule has 33 heavy (non-hydrogen) atoms. The van der Waals surface area contributed by atoms with Crippen molar-refractivity contribution in [2.24, 2.45) is 0 Å². The second kappa shape index (κ2) is 11.4. The zero-order chi connectivity index (χ0) is 22.9. The van der Waals surface area contributed by atoms with E-state index in [4.69, 9.17) is 4.74 Å². The largest absolute Gasteiger partial charge is 0.457 e. The standard InChI is InChI=1S/C28H30N2O3/c31-21-29-25-7-4-6-24(20-25)22-15-18-30(19-16-22)17-5-10-28(32)23-11-13-27(14-12-23)33-26-8-2-1-3-9-26/h1-4,6-9,11-14,20-22H,5,10,15-19H2,(H,29,31). The minimum atomic E-state index is 0.177. The van der Waals surface area contributed by atoms with Crippen LogP contribution in [0.3, 0.4) is 0 Å². The molecule has 5 nitrogen and oxygen atoms in total. The van der Waals surface area contributed by atoms with Gasteiger partial charge in [0.2, 0.25) is 6.41 Å². The monoisotopic (exact) mass is 442 g/mol. The Hall–Kier alpha value is -3.44. The Morgan fingerprint density at radius 2 is 1.67 bits per heavy atom. The van der Waals surface area contributed by atoms with E-state index in [2.05, 4.69) is 22.3 Å². The molecule has 1 aliphatic heterocycles. The minimum absolute atomic E-state index is 0.177. The number of piperidine rings is 1. The Kier molecular flexibility index (Phi) is 7.88. The molecule has 0 spiro atoms. The molecule has 0 aromatic heterocycles.